The second-order valence-corrected chi connectivity index (χ2v) is 9.26. The fourth-order valence-corrected chi connectivity index (χ4v) is 5.58. The molecular formula is C26H22N4O3S. The number of anilines is 1. The summed E-state index contributed by atoms with van der Waals surface area (Å²) in [5, 5.41) is 4.05. The van der Waals surface area contributed by atoms with Crippen molar-refractivity contribution < 1.29 is 14.4 Å². The molecule has 0 saturated heterocycles. The van der Waals surface area contributed by atoms with Crippen LogP contribution in [0.3, 0.4) is 0 Å². The van der Waals surface area contributed by atoms with E-state index in [1.54, 1.807) is 11.0 Å². The molecule has 1 aliphatic rings. The Kier molecular flexibility index (Phi) is 5.59. The Bertz CT molecular complexity index is 1450. The number of carbonyl (C=O) groups excluding carboxylic acids is 3. The van der Waals surface area contributed by atoms with Crippen LogP contribution in [0.25, 0.3) is 22.2 Å². The molecule has 0 aliphatic carbocycles. The van der Waals surface area contributed by atoms with Gasteiger partial charge in [0.1, 0.15) is 5.00 Å². The fraction of sp³-hybridized carbons (Fsp3) is 0.154. The van der Waals surface area contributed by atoms with Gasteiger partial charge in [-0.15, -0.1) is 11.3 Å². The predicted molar refractivity (Wildman–Crippen MR) is 133 cm³/mol. The number of para-hydroxylation sites is 1. The summed E-state index contributed by atoms with van der Waals surface area (Å²) < 4.78 is 0. The van der Waals surface area contributed by atoms with Gasteiger partial charge in [0.15, 0.2) is 0 Å². The monoisotopic (exact) mass is 470 g/mol. The second-order valence-electron chi connectivity index (χ2n) is 8.16. The maximum Gasteiger partial charge on any atom is 0.257 e. The van der Waals surface area contributed by atoms with E-state index in [1.807, 2.05) is 54.6 Å². The van der Waals surface area contributed by atoms with Crippen molar-refractivity contribution in [1.82, 2.24) is 9.88 Å². The highest BCUT2D eigenvalue weighted by Crippen LogP contribution is 2.37. The van der Waals surface area contributed by atoms with Gasteiger partial charge in [-0.3, -0.25) is 14.4 Å². The van der Waals surface area contributed by atoms with Gasteiger partial charge in [-0.2, -0.15) is 0 Å². The number of hydrogen-bond acceptors (Lipinski definition) is 5. The van der Waals surface area contributed by atoms with Crippen LogP contribution in [-0.2, 0) is 17.8 Å². The Morgan fingerprint density at radius 1 is 1.06 bits per heavy atom. The molecule has 0 atom stereocenters. The molecule has 170 valence electrons. The molecule has 3 amide bonds. The molecule has 3 heterocycles. The van der Waals surface area contributed by atoms with Crippen LogP contribution in [0.4, 0.5) is 5.00 Å². The highest BCUT2D eigenvalue weighted by molar-refractivity contribution is 7.17. The standard InChI is InChI=1S/C26H22N4O3S/c1-15(31)30-12-11-18-22(14-30)34-26(23(18)24(27)32)29-25(33)19-13-21(16-7-3-2-4-8-16)28-20-10-6-5-9-17(19)20/h2-10,13H,11-12,14H2,1H3,(H2,27,32)(H,29,33). The minimum absolute atomic E-state index is 0.0260. The zero-order chi connectivity index (χ0) is 23.8. The third-order valence-electron chi connectivity index (χ3n) is 6.01. The molecule has 0 spiro atoms. The molecule has 0 fully saturated rings. The maximum absolute atomic E-state index is 13.5. The zero-order valence-corrected chi connectivity index (χ0v) is 19.3. The van der Waals surface area contributed by atoms with Gasteiger partial charge in [0.25, 0.3) is 11.8 Å². The first-order chi connectivity index (χ1) is 16.4. The fourth-order valence-electron chi connectivity index (χ4n) is 4.31. The van der Waals surface area contributed by atoms with Crippen LogP contribution in [0, 0.1) is 0 Å². The summed E-state index contributed by atoms with van der Waals surface area (Å²) in [5.74, 6) is -0.962. The molecule has 2 aromatic carbocycles. The Morgan fingerprint density at radius 3 is 2.53 bits per heavy atom. The first kappa shape index (κ1) is 21.8. The molecule has 34 heavy (non-hydrogen) atoms. The number of pyridine rings is 1. The number of hydrogen-bond donors (Lipinski definition) is 2. The van der Waals surface area contributed by atoms with Crippen LogP contribution in [-0.4, -0.2) is 34.2 Å². The summed E-state index contributed by atoms with van der Waals surface area (Å²) in [6.45, 7) is 2.44. The van der Waals surface area contributed by atoms with Gasteiger partial charge < -0.3 is 16.0 Å². The Hall–Kier alpha value is -4.04. The molecule has 4 aromatic rings. The summed E-state index contributed by atoms with van der Waals surface area (Å²) in [5.41, 5.74) is 9.59. The van der Waals surface area contributed by atoms with Crippen molar-refractivity contribution in [3.63, 3.8) is 0 Å². The largest absolute Gasteiger partial charge is 0.365 e. The SMILES string of the molecule is CC(=O)N1CCc2c(sc(NC(=O)c3cc(-c4ccccc4)nc4ccccc34)c2C(N)=O)C1. The first-order valence-corrected chi connectivity index (χ1v) is 11.7. The Morgan fingerprint density at radius 2 is 1.79 bits per heavy atom. The van der Waals surface area contributed by atoms with Crippen LogP contribution in [0.2, 0.25) is 0 Å². The van der Waals surface area contributed by atoms with Crippen LogP contribution < -0.4 is 11.1 Å². The average Bonchev–Trinajstić information content (AvgIpc) is 3.21. The number of thiophene rings is 1. The van der Waals surface area contributed by atoms with Crippen LogP contribution >= 0.6 is 11.3 Å². The van der Waals surface area contributed by atoms with E-state index in [1.165, 1.54) is 18.3 Å². The van der Waals surface area contributed by atoms with Crippen molar-refractivity contribution in [2.75, 3.05) is 11.9 Å². The van der Waals surface area contributed by atoms with Gasteiger partial charge in [-0.1, -0.05) is 48.5 Å². The van der Waals surface area contributed by atoms with E-state index in [4.69, 9.17) is 10.7 Å². The lowest BCUT2D eigenvalue weighted by atomic mass is 10.0. The van der Waals surface area contributed by atoms with Crippen molar-refractivity contribution in [3.8, 4) is 11.3 Å². The summed E-state index contributed by atoms with van der Waals surface area (Å²) in [6.07, 6.45) is 0.524. The number of benzene rings is 2. The highest BCUT2D eigenvalue weighted by Gasteiger charge is 2.29. The average molecular weight is 471 g/mol. The number of carbonyl (C=O) groups is 3. The second kappa shape index (κ2) is 8.72. The van der Waals surface area contributed by atoms with Gasteiger partial charge >= 0.3 is 0 Å². The van der Waals surface area contributed by atoms with Gasteiger partial charge in [-0.05, 0) is 24.1 Å². The molecule has 0 radical (unpaired) electrons. The summed E-state index contributed by atoms with van der Waals surface area (Å²) in [7, 11) is 0. The van der Waals surface area contributed by atoms with Crippen molar-refractivity contribution in [2.45, 2.75) is 19.9 Å². The smallest absolute Gasteiger partial charge is 0.257 e. The molecule has 1 aliphatic heterocycles. The van der Waals surface area contributed by atoms with E-state index < -0.39 is 5.91 Å². The molecule has 0 saturated carbocycles. The normalized spacial score (nSPS) is 12.9. The number of nitrogens with one attached hydrogen (secondary N) is 1. The highest BCUT2D eigenvalue weighted by atomic mass is 32.1. The van der Waals surface area contributed by atoms with Gasteiger partial charge in [0.2, 0.25) is 5.91 Å². The minimum atomic E-state index is -0.589. The van der Waals surface area contributed by atoms with Gasteiger partial charge in [-0.25, -0.2) is 4.98 Å². The first-order valence-electron chi connectivity index (χ1n) is 10.9. The van der Waals surface area contributed by atoms with E-state index in [2.05, 4.69) is 5.32 Å². The number of nitrogens with zero attached hydrogens (tertiary/aromatic N) is 2. The molecule has 0 bridgehead atoms. The molecule has 5 rings (SSSR count). The predicted octanol–water partition coefficient (Wildman–Crippen LogP) is 4.22. The quantitative estimate of drug-likeness (QED) is 0.466. The lowest BCUT2D eigenvalue weighted by Crippen LogP contribution is -2.34. The number of nitrogens with two attached hydrogens (primary N) is 1. The number of amides is 3. The van der Waals surface area contributed by atoms with Crippen LogP contribution in [0.5, 0.6) is 0 Å². The third-order valence-corrected chi connectivity index (χ3v) is 7.14. The number of aromatic nitrogens is 1. The van der Waals surface area contributed by atoms with Crippen molar-refractivity contribution in [3.05, 3.63) is 82.2 Å². The van der Waals surface area contributed by atoms with Gasteiger partial charge in [0.05, 0.1) is 28.9 Å². The van der Waals surface area contributed by atoms with E-state index in [0.717, 1.165) is 16.0 Å². The molecule has 2 aromatic heterocycles. The summed E-state index contributed by atoms with van der Waals surface area (Å²) >= 11 is 1.30. The van der Waals surface area contributed by atoms with E-state index in [-0.39, 0.29) is 11.8 Å². The number of primary amides is 1. The van der Waals surface area contributed by atoms with Crippen molar-refractivity contribution in [1.29, 1.82) is 0 Å². The summed E-state index contributed by atoms with van der Waals surface area (Å²) in [4.78, 5) is 45.0. The minimum Gasteiger partial charge on any atom is -0.365 e. The third kappa shape index (κ3) is 3.92. The lowest BCUT2D eigenvalue weighted by Gasteiger charge is -2.25. The van der Waals surface area contributed by atoms with Crippen molar-refractivity contribution >= 4 is 45.0 Å². The van der Waals surface area contributed by atoms with Crippen molar-refractivity contribution in [2.24, 2.45) is 5.73 Å². The Balaban J connectivity index is 1.56. The topological polar surface area (TPSA) is 105 Å². The Labute approximate surface area is 200 Å². The zero-order valence-electron chi connectivity index (χ0n) is 18.5. The van der Waals surface area contributed by atoms with Crippen LogP contribution in [0.1, 0.15) is 38.1 Å². The molecule has 8 heteroatoms. The summed E-state index contributed by atoms with van der Waals surface area (Å²) in [6, 6.07) is 18.9. The number of rotatable bonds is 4. The van der Waals surface area contributed by atoms with E-state index >= 15 is 0 Å². The van der Waals surface area contributed by atoms with E-state index in [0.29, 0.717) is 52.2 Å². The van der Waals surface area contributed by atoms with E-state index in [9.17, 15) is 14.4 Å². The maximum atomic E-state index is 13.5. The lowest BCUT2D eigenvalue weighted by molar-refractivity contribution is -0.129. The molecular weight excluding hydrogens is 448 g/mol. The molecule has 0 unspecified atom stereocenters. The number of fused-ring (bicyclic) bond motifs is 2. The molecule has 3 N–H and O–H groups in total. The molecule has 7 nitrogen and oxygen atoms in total. The van der Waals surface area contributed by atoms with Crippen LogP contribution in [0.15, 0.2) is 60.7 Å². The van der Waals surface area contributed by atoms with Gasteiger partial charge in [0, 0.05) is 29.3 Å².